The molecule has 5 heteroatoms. The molecule has 0 N–H and O–H groups in total. The molecule has 20 heavy (non-hydrogen) atoms. The highest BCUT2D eigenvalue weighted by molar-refractivity contribution is 5.97. The van der Waals surface area contributed by atoms with Crippen LogP contribution in [0.5, 0.6) is 5.75 Å². The van der Waals surface area contributed by atoms with Crippen LogP contribution in [0.25, 0.3) is 0 Å². The Hall–Kier alpha value is -2.17. The zero-order valence-corrected chi connectivity index (χ0v) is 12.3. The van der Waals surface area contributed by atoms with Gasteiger partial charge in [-0.2, -0.15) is 5.10 Å². The van der Waals surface area contributed by atoms with Crippen LogP contribution in [0, 0.1) is 6.92 Å². The van der Waals surface area contributed by atoms with E-state index in [2.05, 4.69) is 10.1 Å². The topological polar surface area (TPSA) is 57.0 Å². The number of ketones is 1. The van der Waals surface area contributed by atoms with E-state index in [4.69, 9.17) is 4.74 Å². The highest BCUT2D eigenvalue weighted by Crippen LogP contribution is 2.20. The molecule has 0 spiro atoms. The second-order valence-corrected chi connectivity index (χ2v) is 5.00. The molecule has 0 aliphatic heterocycles. The lowest BCUT2D eigenvalue weighted by atomic mass is 10.1. The first-order valence-electron chi connectivity index (χ1n) is 6.59. The van der Waals surface area contributed by atoms with Gasteiger partial charge >= 0.3 is 0 Å². The number of carbonyl (C=O) groups is 1. The van der Waals surface area contributed by atoms with E-state index in [9.17, 15) is 4.79 Å². The van der Waals surface area contributed by atoms with Crippen molar-refractivity contribution in [3.05, 3.63) is 41.5 Å². The summed E-state index contributed by atoms with van der Waals surface area (Å²) in [6.07, 6.45) is 1.72. The van der Waals surface area contributed by atoms with Gasteiger partial charge in [0.2, 0.25) is 0 Å². The Kier molecular flexibility index (Phi) is 4.17. The molecule has 1 aromatic heterocycles. The predicted octanol–water partition coefficient (Wildman–Crippen LogP) is 2.60. The largest absolute Gasteiger partial charge is 0.496 e. The highest BCUT2D eigenvalue weighted by atomic mass is 16.5. The molecular formula is C15H19N3O2. The number of ether oxygens (including phenoxy) is 1. The van der Waals surface area contributed by atoms with E-state index in [0.717, 1.165) is 11.3 Å². The van der Waals surface area contributed by atoms with Crippen molar-refractivity contribution >= 4 is 5.78 Å². The van der Waals surface area contributed by atoms with E-state index in [0.29, 0.717) is 11.4 Å². The molecule has 0 bridgehead atoms. The Morgan fingerprint density at radius 3 is 2.80 bits per heavy atom. The number of nitrogens with zero attached hydrogens (tertiary/aromatic N) is 3. The average molecular weight is 273 g/mol. The number of Topliss-reactive ketones (excluding diaryl/α,β-unsaturated/α-hetero) is 1. The summed E-state index contributed by atoms with van der Waals surface area (Å²) in [6.45, 7) is 5.97. The number of hydrogen-bond acceptors (Lipinski definition) is 4. The minimum absolute atomic E-state index is 0.0122. The molecule has 0 atom stereocenters. The molecule has 0 radical (unpaired) electrons. The number of aryl methyl sites for hydroxylation is 1. The van der Waals surface area contributed by atoms with E-state index in [1.165, 1.54) is 6.33 Å². The van der Waals surface area contributed by atoms with Crippen molar-refractivity contribution in [3.8, 4) is 5.75 Å². The summed E-state index contributed by atoms with van der Waals surface area (Å²) in [5.41, 5.74) is 1.64. The van der Waals surface area contributed by atoms with Gasteiger partial charge in [0.25, 0.3) is 0 Å². The summed E-state index contributed by atoms with van der Waals surface area (Å²) >= 11 is 0. The zero-order chi connectivity index (χ0) is 14.7. The molecule has 0 amide bonds. The van der Waals surface area contributed by atoms with Crippen LogP contribution in [0.1, 0.15) is 41.6 Å². The molecular weight excluding hydrogens is 254 g/mol. The molecule has 2 aromatic rings. The number of carbonyl (C=O) groups excluding carboxylic acids is 1. The second-order valence-electron chi connectivity index (χ2n) is 5.00. The minimum Gasteiger partial charge on any atom is -0.496 e. The predicted molar refractivity (Wildman–Crippen MR) is 76.2 cm³/mol. The summed E-state index contributed by atoms with van der Waals surface area (Å²) in [4.78, 5) is 16.5. The molecule has 1 heterocycles. The molecule has 0 unspecified atom stereocenters. The molecule has 0 fully saturated rings. The average Bonchev–Trinajstić information content (AvgIpc) is 2.87. The Labute approximate surface area is 118 Å². The van der Waals surface area contributed by atoms with Crippen LogP contribution in [0.2, 0.25) is 0 Å². The van der Waals surface area contributed by atoms with Gasteiger partial charge in [0.15, 0.2) is 5.78 Å². The van der Waals surface area contributed by atoms with E-state index in [-0.39, 0.29) is 18.2 Å². The standard InChI is InChI=1S/C15H19N3O2/c1-10(2)18-15(16-9-17-18)8-13(19)12-6-5-11(3)14(7-12)20-4/h5-7,9-10H,8H2,1-4H3. The van der Waals surface area contributed by atoms with Crippen LogP contribution in [0.4, 0.5) is 0 Å². The van der Waals surface area contributed by atoms with E-state index < -0.39 is 0 Å². The van der Waals surface area contributed by atoms with Gasteiger partial charge in [-0.1, -0.05) is 12.1 Å². The van der Waals surface area contributed by atoms with Crippen LogP contribution < -0.4 is 4.74 Å². The third-order valence-electron chi connectivity index (χ3n) is 3.19. The van der Waals surface area contributed by atoms with Crippen molar-refractivity contribution in [1.82, 2.24) is 14.8 Å². The molecule has 2 rings (SSSR count). The van der Waals surface area contributed by atoms with Gasteiger partial charge in [0.1, 0.15) is 17.9 Å². The molecule has 0 saturated heterocycles. The smallest absolute Gasteiger partial charge is 0.170 e. The molecule has 106 valence electrons. The Balaban J connectivity index is 2.22. The lowest BCUT2D eigenvalue weighted by molar-refractivity contribution is 0.0988. The van der Waals surface area contributed by atoms with Crippen molar-refractivity contribution < 1.29 is 9.53 Å². The number of hydrogen-bond donors (Lipinski definition) is 0. The number of methoxy groups -OCH3 is 1. The zero-order valence-electron chi connectivity index (χ0n) is 12.3. The fourth-order valence-corrected chi connectivity index (χ4v) is 2.07. The van der Waals surface area contributed by atoms with Gasteiger partial charge in [0, 0.05) is 11.6 Å². The Bertz CT molecular complexity index is 617. The summed E-state index contributed by atoms with van der Waals surface area (Å²) in [6, 6.07) is 5.66. The van der Waals surface area contributed by atoms with Crippen LogP contribution in [0.3, 0.4) is 0 Å². The van der Waals surface area contributed by atoms with Crippen molar-refractivity contribution in [2.45, 2.75) is 33.2 Å². The van der Waals surface area contributed by atoms with E-state index in [1.54, 1.807) is 17.9 Å². The van der Waals surface area contributed by atoms with Crippen LogP contribution in [-0.2, 0) is 6.42 Å². The van der Waals surface area contributed by atoms with Gasteiger partial charge in [-0.15, -0.1) is 0 Å². The maximum Gasteiger partial charge on any atom is 0.170 e. The van der Waals surface area contributed by atoms with Crippen LogP contribution in [0.15, 0.2) is 24.5 Å². The summed E-state index contributed by atoms with van der Waals surface area (Å²) in [5.74, 6) is 1.42. The van der Waals surface area contributed by atoms with Crippen LogP contribution >= 0.6 is 0 Å². The molecule has 0 saturated carbocycles. The highest BCUT2D eigenvalue weighted by Gasteiger charge is 2.14. The van der Waals surface area contributed by atoms with Crippen LogP contribution in [-0.4, -0.2) is 27.7 Å². The fourth-order valence-electron chi connectivity index (χ4n) is 2.07. The monoisotopic (exact) mass is 273 g/mol. The summed E-state index contributed by atoms with van der Waals surface area (Å²) in [7, 11) is 1.60. The van der Waals surface area contributed by atoms with E-state index >= 15 is 0 Å². The van der Waals surface area contributed by atoms with E-state index in [1.807, 2.05) is 32.9 Å². The Morgan fingerprint density at radius 2 is 2.15 bits per heavy atom. The molecule has 5 nitrogen and oxygen atoms in total. The quantitative estimate of drug-likeness (QED) is 0.786. The van der Waals surface area contributed by atoms with Gasteiger partial charge in [-0.05, 0) is 32.4 Å². The fraction of sp³-hybridized carbons (Fsp3) is 0.400. The third-order valence-corrected chi connectivity index (χ3v) is 3.19. The van der Waals surface area contributed by atoms with Crippen molar-refractivity contribution in [2.24, 2.45) is 0 Å². The normalized spacial score (nSPS) is 10.8. The first kappa shape index (κ1) is 14.2. The number of rotatable bonds is 5. The van der Waals surface area contributed by atoms with Gasteiger partial charge < -0.3 is 4.74 Å². The summed E-state index contributed by atoms with van der Waals surface area (Å²) in [5, 5.41) is 4.14. The second kappa shape index (κ2) is 5.86. The number of benzene rings is 1. The first-order chi connectivity index (χ1) is 9.52. The molecule has 1 aromatic carbocycles. The lowest BCUT2D eigenvalue weighted by Crippen LogP contribution is -2.13. The van der Waals surface area contributed by atoms with Gasteiger partial charge in [0.05, 0.1) is 13.5 Å². The maximum atomic E-state index is 12.3. The summed E-state index contributed by atoms with van der Waals surface area (Å²) < 4.78 is 7.01. The molecule has 0 aliphatic carbocycles. The Morgan fingerprint density at radius 1 is 1.40 bits per heavy atom. The van der Waals surface area contributed by atoms with Gasteiger partial charge in [-0.3, -0.25) is 4.79 Å². The minimum atomic E-state index is 0.0122. The van der Waals surface area contributed by atoms with Gasteiger partial charge in [-0.25, -0.2) is 9.67 Å². The third kappa shape index (κ3) is 2.87. The van der Waals surface area contributed by atoms with Crippen molar-refractivity contribution in [1.29, 1.82) is 0 Å². The maximum absolute atomic E-state index is 12.3. The SMILES string of the molecule is COc1cc(C(=O)Cc2ncnn2C(C)C)ccc1C. The van der Waals surface area contributed by atoms with Crippen molar-refractivity contribution in [3.63, 3.8) is 0 Å². The van der Waals surface area contributed by atoms with Crippen molar-refractivity contribution in [2.75, 3.05) is 7.11 Å². The number of aromatic nitrogens is 3. The molecule has 0 aliphatic rings. The lowest BCUT2D eigenvalue weighted by Gasteiger charge is -2.10. The first-order valence-corrected chi connectivity index (χ1v) is 6.59.